The van der Waals surface area contributed by atoms with Gasteiger partial charge in [-0.2, -0.15) is 13.2 Å². The zero-order valence-corrected chi connectivity index (χ0v) is 18.9. The summed E-state index contributed by atoms with van der Waals surface area (Å²) < 4.78 is 39.8. The first-order valence-corrected chi connectivity index (χ1v) is 11.1. The molecule has 9 heteroatoms. The highest BCUT2D eigenvalue weighted by molar-refractivity contribution is 6.31. The summed E-state index contributed by atoms with van der Waals surface area (Å²) in [5.74, 6) is -0.223. The van der Waals surface area contributed by atoms with Crippen LogP contribution in [0.25, 0.3) is 0 Å². The zero-order chi connectivity index (χ0) is 24.3. The first-order chi connectivity index (χ1) is 16.2. The summed E-state index contributed by atoms with van der Waals surface area (Å²) in [5, 5.41) is 11.7. The predicted octanol–water partition coefficient (Wildman–Crippen LogP) is 5.57. The molecule has 34 heavy (non-hydrogen) atoms. The molecule has 1 aliphatic heterocycles. The van der Waals surface area contributed by atoms with Crippen LogP contribution in [0.5, 0.6) is 5.75 Å². The van der Waals surface area contributed by atoms with Gasteiger partial charge in [0.2, 0.25) is 5.91 Å². The Labute approximate surface area is 200 Å². The molecule has 5 nitrogen and oxygen atoms in total. The van der Waals surface area contributed by atoms with Crippen molar-refractivity contribution in [1.82, 2.24) is 4.90 Å². The van der Waals surface area contributed by atoms with Crippen LogP contribution in [0, 0.1) is 0 Å². The number of halogens is 4. The van der Waals surface area contributed by atoms with Crippen LogP contribution in [0.15, 0.2) is 72.8 Å². The lowest BCUT2D eigenvalue weighted by molar-refractivity contribution is -0.137. The Morgan fingerprint density at radius 3 is 2.21 bits per heavy atom. The molecule has 0 spiro atoms. The normalized spacial score (nSPS) is 15.7. The summed E-state index contributed by atoms with van der Waals surface area (Å²) in [5.41, 5.74) is 0.762. The maximum absolute atomic E-state index is 13.3. The van der Waals surface area contributed by atoms with Crippen molar-refractivity contribution in [3.8, 4) is 5.75 Å². The smallest absolute Gasteiger partial charge is 0.417 e. The average Bonchev–Trinajstić information content (AvgIpc) is 2.81. The maximum atomic E-state index is 13.3. The van der Waals surface area contributed by atoms with E-state index in [9.17, 15) is 23.1 Å². The van der Waals surface area contributed by atoms with E-state index in [2.05, 4.69) is 10.2 Å². The maximum Gasteiger partial charge on any atom is 0.417 e. The van der Waals surface area contributed by atoms with Crippen molar-refractivity contribution in [3.63, 3.8) is 0 Å². The van der Waals surface area contributed by atoms with E-state index in [4.69, 9.17) is 11.6 Å². The molecule has 3 aromatic rings. The van der Waals surface area contributed by atoms with E-state index in [-0.39, 0.29) is 11.4 Å². The van der Waals surface area contributed by atoms with Gasteiger partial charge in [0.05, 0.1) is 10.6 Å². The van der Waals surface area contributed by atoms with Crippen molar-refractivity contribution in [3.05, 3.63) is 88.9 Å². The van der Waals surface area contributed by atoms with Gasteiger partial charge in [0.15, 0.2) is 0 Å². The van der Waals surface area contributed by atoms with E-state index in [0.29, 0.717) is 26.2 Å². The Morgan fingerprint density at radius 1 is 0.941 bits per heavy atom. The molecule has 2 N–H and O–H groups in total. The fourth-order valence-electron chi connectivity index (χ4n) is 4.10. The minimum absolute atomic E-state index is 0.0328. The Bertz CT molecular complexity index is 1130. The van der Waals surface area contributed by atoms with E-state index in [1.54, 1.807) is 12.1 Å². The standard InChI is InChI=1S/C25H23ClF3N3O2/c26-22-11-6-18(16-21(22)25(27,28)29)30-24(34)23(17-4-2-1-3-5-17)32-14-12-31(13-15-32)19-7-9-20(33)10-8-19/h1-11,16,23,33H,12-15H2,(H,30,34)/t23-/m0/s1. The number of carbonyl (C=O) groups is 1. The lowest BCUT2D eigenvalue weighted by Gasteiger charge is -2.39. The molecule has 0 aromatic heterocycles. The number of aromatic hydroxyl groups is 1. The second-order valence-electron chi connectivity index (χ2n) is 8.03. The molecule has 0 saturated carbocycles. The number of phenolic OH excluding ortho intramolecular Hbond substituents is 1. The third kappa shape index (κ3) is 5.46. The number of hydrogen-bond acceptors (Lipinski definition) is 4. The van der Waals surface area contributed by atoms with Crippen LogP contribution in [0.3, 0.4) is 0 Å². The van der Waals surface area contributed by atoms with E-state index < -0.39 is 28.7 Å². The first kappa shape index (κ1) is 23.9. The van der Waals surface area contributed by atoms with E-state index in [1.807, 2.05) is 47.4 Å². The Morgan fingerprint density at radius 2 is 1.59 bits per heavy atom. The quantitative estimate of drug-likeness (QED) is 0.492. The SMILES string of the molecule is O=C(Nc1ccc(Cl)c(C(F)(F)F)c1)[C@H](c1ccccc1)N1CCN(c2ccc(O)cc2)CC1. The average molecular weight is 490 g/mol. The van der Waals surface area contributed by atoms with Crippen LogP contribution in [-0.2, 0) is 11.0 Å². The minimum atomic E-state index is -4.62. The number of hydrogen-bond donors (Lipinski definition) is 2. The molecule has 1 heterocycles. The van der Waals surface area contributed by atoms with Gasteiger partial charge < -0.3 is 15.3 Å². The molecule has 0 aliphatic carbocycles. The third-order valence-corrected chi connectivity index (χ3v) is 6.13. The van der Waals surface area contributed by atoms with Gasteiger partial charge in [-0.1, -0.05) is 41.9 Å². The van der Waals surface area contributed by atoms with Crippen molar-refractivity contribution in [2.24, 2.45) is 0 Å². The molecule has 0 unspecified atom stereocenters. The fourth-order valence-corrected chi connectivity index (χ4v) is 4.32. The summed E-state index contributed by atoms with van der Waals surface area (Å²) in [6.45, 7) is 2.45. The topological polar surface area (TPSA) is 55.8 Å². The summed E-state index contributed by atoms with van der Waals surface area (Å²) in [4.78, 5) is 17.5. The number of alkyl halides is 3. The highest BCUT2D eigenvalue weighted by atomic mass is 35.5. The number of rotatable bonds is 5. The third-order valence-electron chi connectivity index (χ3n) is 5.80. The molecule has 1 aliphatic rings. The van der Waals surface area contributed by atoms with Gasteiger partial charge in [-0.25, -0.2) is 0 Å². The number of benzene rings is 3. The van der Waals surface area contributed by atoms with E-state index in [1.165, 1.54) is 6.07 Å². The highest BCUT2D eigenvalue weighted by Crippen LogP contribution is 2.36. The summed E-state index contributed by atoms with van der Waals surface area (Å²) >= 11 is 5.71. The summed E-state index contributed by atoms with van der Waals surface area (Å²) in [7, 11) is 0. The number of amides is 1. The molecule has 0 bridgehead atoms. The predicted molar refractivity (Wildman–Crippen MR) is 126 cm³/mol. The molecule has 1 amide bonds. The number of anilines is 2. The van der Waals surface area contributed by atoms with Gasteiger partial charge in [0.1, 0.15) is 11.8 Å². The number of nitrogens with zero attached hydrogens (tertiary/aromatic N) is 2. The highest BCUT2D eigenvalue weighted by Gasteiger charge is 2.34. The van der Waals surface area contributed by atoms with Gasteiger partial charge >= 0.3 is 6.18 Å². The van der Waals surface area contributed by atoms with Crippen molar-refractivity contribution >= 4 is 28.9 Å². The molecule has 178 valence electrons. The van der Waals surface area contributed by atoms with Crippen molar-refractivity contribution in [2.75, 3.05) is 36.4 Å². The fraction of sp³-hybridized carbons (Fsp3) is 0.240. The Kier molecular flexibility index (Phi) is 7.00. The second kappa shape index (κ2) is 9.95. The van der Waals surface area contributed by atoms with Crippen LogP contribution in [0.4, 0.5) is 24.5 Å². The van der Waals surface area contributed by atoms with Gasteiger partial charge in [-0.05, 0) is 48.0 Å². The molecular formula is C25H23ClF3N3O2. The van der Waals surface area contributed by atoms with Crippen LogP contribution in [0.2, 0.25) is 5.02 Å². The molecule has 1 fully saturated rings. The van der Waals surface area contributed by atoms with Crippen molar-refractivity contribution < 1.29 is 23.1 Å². The molecule has 4 rings (SSSR count). The first-order valence-electron chi connectivity index (χ1n) is 10.7. The lowest BCUT2D eigenvalue weighted by atomic mass is 10.0. The van der Waals surface area contributed by atoms with Crippen LogP contribution in [-0.4, -0.2) is 42.1 Å². The molecule has 0 radical (unpaired) electrons. The molecule has 3 aromatic carbocycles. The van der Waals surface area contributed by atoms with Crippen LogP contribution >= 0.6 is 11.6 Å². The lowest BCUT2D eigenvalue weighted by Crippen LogP contribution is -2.50. The molecule has 1 saturated heterocycles. The Hall–Kier alpha value is -3.23. The number of nitrogens with one attached hydrogen (secondary N) is 1. The minimum Gasteiger partial charge on any atom is -0.508 e. The summed E-state index contributed by atoms with van der Waals surface area (Å²) in [6.07, 6.45) is -4.62. The van der Waals surface area contributed by atoms with Gasteiger partial charge in [-0.15, -0.1) is 0 Å². The van der Waals surface area contributed by atoms with Crippen molar-refractivity contribution in [2.45, 2.75) is 12.2 Å². The van der Waals surface area contributed by atoms with Gasteiger partial charge in [0, 0.05) is 37.6 Å². The zero-order valence-electron chi connectivity index (χ0n) is 18.1. The number of carbonyl (C=O) groups excluding carboxylic acids is 1. The van der Waals surface area contributed by atoms with Gasteiger partial charge in [-0.3, -0.25) is 9.69 Å². The largest absolute Gasteiger partial charge is 0.508 e. The summed E-state index contributed by atoms with van der Waals surface area (Å²) in [6, 6.07) is 18.8. The molecular weight excluding hydrogens is 467 g/mol. The monoisotopic (exact) mass is 489 g/mol. The molecule has 1 atom stereocenters. The van der Waals surface area contributed by atoms with Crippen molar-refractivity contribution in [1.29, 1.82) is 0 Å². The second-order valence-corrected chi connectivity index (χ2v) is 8.44. The van der Waals surface area contributed by atoms with Gasteiger partial charge in [0.25, 0.3) is 0 Å². The van der Waals surface area contributed by atoms with E-state index in [0.717, 1.165) is 23.4 Å². The number of phenols is 1. The van der Waals surface area contributed by atoms with E-state index >= 15 is 0 Å². The Balaban J connectivity index is 1.53. The van der Waals surface area contributed by atoms with Crippen LogP contribution in [0.1, 0.15) is 17.2 Å². The number of piperazine rings is 1. The van der Waals surface area contributed by atoms with Crippen LogP contribution < -0.4 is 10.2 Å².